The van der Waals surface area contributed by atoms with Gasteiger partial charge in [-0.25, -0.2) is 0 Å². The minimum Gasteiger partial charge on any atom is -0.356 e. The van der Waals surface area contributed by atoms with Gasteiger partial charge < -0.3 is 15.2 Å². The molecule has 0 bridgehead atoms. The van der Waals surface area contributed by atoms with Crippen molar-refractivity contribution < 1.29 is 9.47 Å². The number of benzene rings is 1. The summed E-state index contributed by atoms with van der Waals surface area (Å²) >= 11 is 0. The smallest absolute Gasteiger partial charge is 0.156 e. The highest BCUT2D eigenvalue weighted by atomic mass is 16.7. The van der Waals surface area contributed by atoms with Crippen LogP contribution >= 0.6 is 0 Å². The summed E-state index contributed by atoms with van der Waals surface area (Å²) in [5.41, 5.74) is 7.20. The van der Waals surface area contributed by atoms with Gasteiger partial charge in [-0.15, -0.1) is 0 Å². The maximum Gasteiger partial charge on any atom is 0.156 e. The third kappa shape index (κ3) is 4.00. The number of hydrogen-bond acceptors (Lipinski definition) is 3. The molecule has 1 unspecified atom stereocenters. The summed E-state index contributed by atoms with van der Waals surface area (Å²) in [6.45, 7) is 0. The lowest BCUT2D eigenvalue weighted by Gasteiger charge is -2.16. The highest BCUT2D eigenvalue weighted by Crippen LogP contribution is 2.17. The molecule has 0 aromatic heterocycles. The van der Waals surface area contributed by atoms with E-state index in [1.165, 1.54) is 0 Å². The van der Waals surface area contributed by atoms with Gasteiger partial charge in [0.05, 0.1) is 0 Å². The van der Waals surface area contributed by atoms with Crippen LogP contribution in [0.15, 0.2) is 30.3 Å². The van der Waals surface area contributed by atoms with Gasteiger partial charge in [-0.3, -0.25) is 0 Å². The van der Waals surface area contributed by atoms with Crippen LogP contribution in [0, 0.1) is 0 Å². The van der Waals surface area contributed by atoms with Gasteiger partial charge in [0.25, 0.3) is 0 Å². The van der Waals surface area contributed by atoms with Crippen LogP contribution in [0.4, 0.5) is 0 Å². The summed E-state index contributed by atoms with van der Waals surface area (Å²) in [6, 6.07) is 10.1. The van der Waals surface area contributed by atoms with Gasteiger partial charge in [0.15, 0.2) is 6.29 Å². The Bertz CT molecular complexity index is 260. The molecule has 1 aromatic carbocycles. The molecular formula is C12H19NO2. The Morgan fingerprint density at radius 1 is 1.07 bits per heavy atom. The van der Waals surface area contributed by atoms with Gasteiger partial charge in [-0.05, 0) is 12.0 Å². The van der Waals surface area contributed by atoms with Crippen LogP contribution in [-0.4, -0.2) is 20.5 Å². The second kappa shape index (κ2) is 6.56. The fourth-order valence-electron chi connectivity index (χ4n) is 1.51. The van der Waals surface area contributed by atoms with Gasteiger partial charge in [0.2, 0.25) is 0 Å². The lowest BCUT2D eigenvalue weighted by atomic mass is 10.0. The van der Waals surface area contributed by atoms with Crippen LogP contribution in [0.3, 0.4) is 0 Å². The van der Waals surface area contributed by atoms with Crippen molar-refractivity contribution in [3.8, 4) is 0 Å². The van der Waals surface area contributed by atoms with E-state index < -0.39 is 0 Å². The maximum atomic E-state index is 6.04. The molecule has 0 aliphatic rings. The van der Waals surface area contributed by atoms with Crippen LogP contribution in [-0.2, 0) is 9.47 Å². The zero-order valence-electron chi connectivity index (χ0n) is 9.35. The van der Waals surface area contributed by atoms with Crippen molar-refractivity contribution in [2.24, 2.45) is 5.73 Å². The Balaban J connectivity index is 2.39. The average molecular weight is 209 g/mol. The fraction of sp³-hybridized carbons (Fsp3) is 0.500. The van der Waals surface area contributed by atoms with Crippen LogP contribution < -0.4 is 5.73 Å². The maximum absolute atomic E-state index is 6.04. The first kappa shape index (κ1) is 12.2. The van der Waals surface area contributed by atoms with Gasteiger partial charge in [-0.1, -0.05) is 30.3 Å². The second-order valence-electron chi connectivity index (χ2n) is 3.50. The van der Waals surface area contributed by atoms with Gasteiger partial charge in [0, 0.05) is 26.7 Å². The molecule has 0 spiro atoms. The summed E-state index contributed by atoms with van der Waals surface area (Å²) in [5.74, 6) is 0. The van der Waals surface area contributed by atoms with Gasteiger partial charge >= 0.3 is 0 Å². The lowest BCUT2D eigenvalue weighted by molar-refractivity contribution is -0.107. The molecule has 0 saturated heterocycles. The zero-order chi connectivity index (χ0) is 11.1. The van der Waals surface area contributed by atoms with Crippen molar-refractivity contribution in [3.63, 3.8) is 0 Å². The van der Waals surface area contributed by atoms with E-state index in [0.29, 0.717) is 0 Å². The largest absolute Gasteiger partial charge is 0.356 e. The van der Waals surface area contributed by atoms with Crippen molar-refractivity contribution in [3.05, 3.63) is 35.9 Å². The first-order valence-corrected chi connectivity index (χ1v) is 5.14. The molecule has 1 atom stereocenters. The predicted octanol–water partition coefficient (Wildman–Crippen LogP) is 2.09. The molecule has 1 aromatic rings. The van der Waals surface area contributed by atoms with Crippen molar-refractivity contribution in [1.82, 2.24) is 0 Å². The number of nitrogens with two attached hydrogens (primary N) is 1. The molecule has 84 valence electrons. The van der Waals surface area contributed by atoms with E-state index in [0.717, 1.165) is 18.4 Å². The van der Waals surface area contributed by atoms with E-state index in [-0.39, 0.29) is 12.3 Å². The molecule has 0 amide bonds. The molecule has 0 heterocycles. The van der Waals surface area contributed by atoms with E-state index in [9.17, 15) is 0 Å². The van der Waals surface area contributed by atoms with Crippen molar-refractivity contribution >= 4 is 0 Å². The standard InChI is InChI=1S/C12H19NO2/c1-14-12(15-2)9-8-11(13)10-6-4-3-5-7-10/h3-7,11-12H,8-9,13H2,1-2H3. The van der Waals surface area contributed by atoms with Crippen molar-refractivity contribution in [1.29, 1.82) is 0 Å². The Labute approximate surface area is 91.2 Å². The monoisotopic (exact) mass is 209 g/mol. The molecule has 15 heavy (non-hydrogen) atoms. The molecule has 0 aliphatic heterocycles. The number of ether oxygens (including phenoxy) is 2. The van der Waals surface area contributed by atoms with E-state index >= 15 is 0 Å². The average Bonchev–Trinajstić information content (AvgIpc) is 2.31. The molecule has 3 nitrogen and oxygen atoms in total. The molecule has 0 radical (unpaired) electrons. The van der Waals surface area contributed by atoms with E-state index in [1.807, 2.05) is 30.3 Å². The Hall–Kier alpha value is -0.900. The summed E-state index contributed by atoms with van der Waals surface area (Å²) < 4.78 is 10.2. The zero-order valence-corrected chi connectivity index (χ0v) is 9.35. The van der Waals surface area contributed by atoms with Crippen LogP contribution in [0.5, 0.6) is 0 Å². The highest BCUT2D eigenvalue weighted by molar-refractivity contribution is 5.18. The molecule has 2 N–H and O–H groups in total. The summed E-state index contributed by atoms with van der Waals surface area (Å²) in [7, 11) is 3.28. The molecule has 0 saturated carbocycles. The summed E-state index contributed by atoms with van der Waals surface area (Å²) in [5, 5.41) is 0. The summed E-state index contributed by atoms with van der Waals surface area (Å²) in [6.07, 6.45) is 1.51. The quantitative estimate of drug-likeness (QED) is 0.729. The van der Waals surface area contributed by atoms with E-state index in [2.05, 4.69) is 0 Å². The Kier molecular flexibility index (Phi) is 5.32. The SMILES string of the molecule is COC(CCC(N)c1ccccc1)OC. The molecule has 0 fully saturated rings. The van der Waals surface area contributed by atoms with Crippen molar-refractivity contribution in [2.75, 3.05) is 14.2 Å². The van der Waals surface area contributed by atoms with E-state index in [4.69, 9.17) is 15.2 Å². The number of hydrogen-bond donors (Lipinski definition) is 1. The fourth-order valence-corrected chi connectivity index (χ4v) is 1.51. The van der Waals surface area contributed by atoms with Crippen LogP contribution in [0.2, 0.25) is 0 Å². The van der Waals surface area contributed by atoms with Crippen LogP contribution in [0.1, 0.15) is 24.4 Å². The lowest BCUT2D eigenvalue weighted by Crippen LogP contribution is -2.17. The third-order valence-electron chi connectivity index (χ3n) is 2.47. The first-order chi connectivity index (χ1) is 7.27. The Morgan fingerprint density at radius 2 is 1.67 bits per heavy atom. The van der Waals surface area contributed by atoms with Gasteiger partial charge in [-0.2, -0.15) is 0 Å². The topological polar surface area (TPSA) is 44.5 Å². The first-order valence-electron chi connectivity index (χ1n) is 5.14. The molecule has 3 heteroatoms. The minimum atomic E-state index is -0.153. The second-order valence-corrected chi connectivity index (χ2v) is 3.50. The van der Waals surface area contributed by atoms with Crippen molar-refractivity contribution in [2.45, 2.75) is 25.2 Å². The van der Waals surface area contributed by atoms with E-state index in [1.54, 1.807) is 14.2 Å². The van der Waals surface area contributed by atoms with Crippen LogP contribution in [0.25, 0.3) is 0 Å². The minimum absolute atomic E-state index is 0.0546. The molecular weight excluding hydrogens is 190 g/mol. The number of methoxy groups -OCH3 is 2. The molecule has 0 aliphatic carbocycles. The summed E-state index contributed by atoms with van der Waals surface area (Å²) in [4.78, 5) is 0. The highest BCUT2D eigenvalue weighted by Gasteiger charge is 2.10. The van der Waals surface area contributed by atoms with Gasteiger partial charge in [0.1, 0.15) is 0 Å². The predicted molar refractivity (Wildman–Crippen MR) is 60.4 cm³/mol. The Morgan fingerprint density at radius 3 is 2.20 bits per heavy atom. The molecule has 1 rings (SSSR count). The third-order valence-corrected chi connectivity index (χ3v) is 2.47. The normalized spacial score (nSPS) is 13.1. The number of rotatable bonds is 6.